The monoisotopic (exact) mass is 315 g/mol. The van der Waals surface area contributed by atoms with Gasteiger partial charge in [0.25, 0.3) is 5.91 Å². The highest BCUT2D eigenvalue weighted by Crippen LogP contribution is 2.29. The smallest absolute Gasteiger partial charge is 0.257 e. The van der Waals surface area contributed by atoms with Crippen molar-refractivity contribution < 1.29 is 13.2 Å². The molecule has 0 saturated heterocycles. The molecule has 0 aliphatic carbocycles. The van der Waals surface area contributed by atoms with Gasteiger partial charge < -0.3 is 5.32 Å². The molecular formula is C12H13NO3S3. The lowest BCUT2D eigenvalue weighted by Crippen LogP contribution is -2.13. The summed E-state index contributed by atoms with van der Waals surface area (Å²) in [5.74, 6) is -0.269. The summed E-state index contributed by atoms with van der Waals surface area (Å²) < 4.78 is 23.1. The molecule has 0 bridgehead atoms. The molecule has 0 fully saturated rings. The minimum Gasteiger partial charge on any atom is -0.312 e. The summed E-state index contributed by atoms with van der Waals surface area (Å²) in [5.41, 5.74) is 0.593. The van der Waals surface area contributed by atoms with Gasteiger partial charge in [0.1, 0.15) is 9.90 Å². The molecule has 0 saturated carbocycles. The summed E-state index contributed by atoms with van der Waals surface area (Å²) in [7, 11) is -3.32. The normalized spacial score (nSPS) is 11.5. The van der Waals surface area contributed by atoms with Gasteiger partial charge in [0, 0.05) is 16.0 Å². The molecule has 0 atom stereocenters. The second-order valence-corrected chi connectivity index (χ2v) is 8.53. The fourth-order valence-corrected chi connectivity index (χ4v) is 4.69. The van der Waals surface area contributed by atoms with Crippen LogP contribution in [0.25, 0.3) is 0 Å². The SMILES string of the molecule is Cc1cc(C(=O)Nc2sccc2S(C)(=O)=O)c(C)s1. The van der Waals surface area contributed by atoms with Crippen LogP contribution in [-0.4, -0.2) is 20.6 Å². The minimum absolute atomic E-state index is 0.162. The number of thiophene rings is 2. The van der Waals surface area contributed by atoms with Crippen molar-refractivity contribution in [2.24, 2.45) is 0 Å². The van der Waals surface area contributed by atoms with Crippen LogP contribution in [0.5, 0.6) is 0 Å². The molecule has 2 rings (SSSR count). The predicted molar refractivity (Wildman–Crippen MR) is 79.2 cm³/mol. The molecule has 2 aromatic heterocycles. The molecule has 2 aromatic rings. The highest BCUT2D eigenvalue weighted by atomic mass is 32.2. The van der Waals surface area contributed by atoms with Crippen LogP contribution in [0.1, 0.15) is 20.1 Å². The number of aryl methyl sites for hydroxylation is 2. The Balaban J connectivity index is 2.30. The van der Waals surface area contributed by atoms with Gasteiger partial charge in [-0.2, -0.15) is 0 Å². The lowest BCUT2D eigenvalue weighted by Gasteiger charge is -2.04. The molecule has 1 N–H and O–H groups in total. The molecule has 4 nitrogen and oxygen atoms in total. The Morgan fingerprint density at radius 1 is 1.32 bits per heavy atom. The largest absolute Gasteiger partial charge is 0.312 e. The van der Waals surface area contributed by atoms with Gasteiger partial charge in [0.2, 0.25) is 0 Å². The Bertz CT molecular complexity index is 725. The van der Waals surface area contributed by atoms with Gasteiger partial charge in [-0.1, -0.05) is 0 Å². The van der Waals surface area contributed by atoms with Crippen molar-refractivity contribution in [3.05, 3.63) is 32.8 Å². The number of hydrogen-bond donors (Lipinski definition) is 1. The number of hydrogen-bond acceptors (Lipinski definition) is 5. The van der Waals surface area contributed by atoms with E-state index in [9.17, 15) is 13.2 Å². The van der Waals surface area contributed by atoms with E-state index in [1.165, 1.54) is 17.4 Å². The van der Waals surface area contributed by atoms with Crippen LogP contribution in [0.2, 0.25) is 0 Å². The van der Waals surface area contributed by atoms with E-state index < -0.39 is 9.84 Å². The molecule has 0 aromatic carbocycles. The summed E-state index contributed by atoms with van der Waals surface area (Å²) >= 11 is 2.75. The maximum atomic E-state index is 12.1. The van der Waals surface area contributed by atoms with Crippen LogP contribution < -0.4 is 5.32 Å². The molecule has 102 valence electrons. The summed E-state index contributed by atoms with van der Waals surface area (Å²) in [6.45, 7) is 3.81. The van der Waals surface area contributed by atoms with Crippen molar-refractivity contribution in [1.82, 2.24) is 0 Å². The molecule has 2 heterocycles. The van der Waals surface area contributed by atoms with Crippen LogP contribution in [-0.2, 0) is 9.84 Å². The summed E-state index contributed by atoms with van der Waals surface area (Å²) in [6, 6.07) is 3.31. The summed E-state index contributed by atoms with van der Waals surface area (Å²) in [5, 5.41) is 4.70. The van der Waals surface area contributed by atoms with E-state index in [0.717, 1.165) is 16.0 Å². The zero-order valence-electron chi connectivity index (χ0n) is 10.7. The van der Waals surface area contributed by atoms with Crippen molar-refractivity contribution in [3.8, 4) is 0 Å². The van der Waals surface area contributed by atoms with Crippen LogP contribution in [0.4, 0.5) is 5.00 Å². The average Bonchev–Trinajstić information content (AvgIpc) is 2.84. The van der Waals surface area contributed by atoms with Crippen LogP contribution in [0.3, 0.4) is 0 Å². The quantitative estimate of drug-likeness (QED) is 0.946. The third kappa shape index (κ3) is 3.05. The van der Waals surface area contributed by atoms with E-state index in [0.29, 0.717) is 10.6 Å². The maximum Gasteiger partial charge on any atom is 0.257 e. The molecule has 7 heteroatoms. The van der Waals surface area contributed by atoms with Crippen LogP contribution in [0, 0.1) is 13.8 Å². The Labute approximate surface area is 120 Å². The first-order valence-electron chi connectivity index (χ1n) is 5.45. The number of amides is 1. The Morgan fingerprint density at radius 3 is 2.53 bits per heavy atom. The summed E-state index contributed by atoms with van der Waals surface area (Å²) in [4.78, 5) is 14.3. The molecule has 0 unspecified atom stereocenters. The zero-order valence-corrected chi connectivity index (χ0v) is 13.1. The fraction of sp³-hybridized carbons (Fsp3) is 0.250. The number of nitrogens with one attached hydrogen (secondary N) is 1. The van der Waals surface area contributed by atoms with Crippen molar-refractivity contribution >= 4 is 43.4 Å². The standard InChI is InChI=1S/C12H13NO3S3/c1-7-6-9(8(2)18-7)11(14)13-12-10(4-5-17-12)19(3,15)16/h4-6H,1-3H3,(H,13,14). The molecule has 0 aliphatic heterocycles. The van der Waals surface area contributed by atoms with Gasteiger partial charge in [-0.25, -0.2) is 8.42 Å². The van der Waals surface area contributed by atoms with Crippen molar-refractivity contribution in [3.63, 3.8) is 0 Å². The molecule has 0 aliphatic rings. The van der Waals surface area contributed by atoms with Gasteiger partial charge in [-0.3, -0.25) is 4.79 Å². The second-order valence-electron chi connectivity index (χ2n) is 4.17. The van der Waals surface area contributed by atoms with E-state index in [1.807, 2.05) is 19.9 Å². The summed E-state index contributed by atoms with van der Waals surface area (Å²) in [6.07, 6.45) is 1.13. The maximum absolute atomic E-state index is 12.1. The molecular weight excluding hydrogens is 302 g/mol. The van der Waals surface area contributed by atoms with E-state index in [2.05, 4.69) is 5.32 Å². The highest BCUT2D eigenvalue weighted by molar-refractivity contribution is 7.91. The average molecular weight is 315 g/mol. The first-order valence-corrected chi connectivity index (χ1v) is 9.03. The van der Waals surface area contributed by atoms with E-state index >= 15 is 0 Å². The Hall–Kier alpha value is -1.18. The molecule has 0 radical (unpaired) electrons. The number of carbonyl (C=O) groups excluding carboxylic acids is 1. The van der Waals surface area contributed by atoms with E-state index in [4.69, 9.17) is 0 Å². The fourth-order valence-electron chi connectivity index (χ4n) is 1.71. The third-order valence-corrected chi connectivity index (χ3v) is 5.61. The van der Waals surface area contributed by atoms with Gasteiger partial charge >= 0.3 is 0 Å². The van der Waals surface area contributed by atoms with Gasteiger partial charge in [-0.05, 0) is 31.4 Å². The first kappa shape index (κ1) is 14.2. The lowest BCUT2D eigenvalue weighted by atomic mass is 10.2. The molecule has 19 heavy (non-hydrogen) atoms. The van der Waals surface area contributed by atoms with Gasteiger partial charge in [0.05, 0.1) is 5.56 Å². The van der Waals surface area contributed by atoms with Crippen molar-refractivity contribution in [2.75, 3.05) is 11.6 Å². The lowest BCUT2D eigenvalue weighted by molar-refractivity contribution is 0.102. The van der Waals surface area contributed by atoms with Crippen LogP contribution >= 0.6 is 22.7 Å². The molecule has 0 spiro atoms. The third-order valence-electron chi connectivity index (χ3n) is 2.54. The number of rotatable bonds is 3. The Morgan fingerprint density at radius 2 is 2.00 bits per heavy atom. The predicted octanol–water partition coefficient (Wildman–Crippen LogP) is 3.08. The number of anilines is 1. The topological polar surface area (TPSA) is 63.2 Å². The van der Waals surface area contributed by atoms with Gasteiger partial charge in [0.15, 0.2) is 9.84 Å². The Kier molecular flexibility index (Phi) is 3.80. The minimum atomic E-state index is -3.32. The first-order chi connectivity index (χ1) is 8.79. The number of carbonyl (C=O) groups is 1. The van der Waals surface area contributed by atoms with Gasteiger partial charge in [-0.15, -0.1) is 22.7 Å². The highest BCUT2D eigenvalue weighted by Gasteiger charge is 2.18. The zero-order chi connectivity index (χ0) is 14.2. The molecule has 1 amide bonds. The van der Waals surface area contributed by atoms with Crippen molar-refractivity contribution in [2.45, 2.75) is 18.7 Å². The second kappa shape index (κ2) is 5.07. The van der Waals surface area contributed by atoms with E-state index in [1.54, 1.807) is 16.7 Å². The number of sulfone groups is 1. The van der Waals surface area contributed by atoms with E-state index in [-0.39, 0.29) is 10.8 Å². The van der Waals surface area contributed by atoms with Crippen molar-refractivity contribution in [1.29, 1.82) is 0 Å². The van der Waals surface area contributed by atoms with Crippen LogP contribution in [0.15, 0.2) is 22.4 Å².